The zero-order valence-corrected chi connectivity index (χ0v) is 21.2. The van der Waals surface area contributed by atoms with Gasteiger partial charge in [-0.1, -0.05) is 0 Å². The van der Waals surface area contributed by atoms with Gasteiger partial charge < -0.3 is 35.5 Å². The maximum Gasteiger partial charge on any atom is 0.248 e. The average Bonchev–Trinajstić information content (AvgIpc) is 2.95. The van der Waals surface area contributed by atoms with Gasteiger partial charge in [-0.3, -0.25) is 14.4 Å². The Kier molecular flexibility index (Phi) is 7.12. The van der Waals surface area contributed by atoms with Crippen LogP contribution in [-0.2, 0) is 9.59 Å². The van der Waals surface area contributed by atoms with Gasteiger partial charge in [0.2, 0.25) is 17.2 Å². The standard InChI is InChI=1S/C31H22N2O8/c34-21-5-7-25(36)17(13-21)1-11-29(38)32-19-3-9-27-23(15-19)31(40)24-16-20(4-10-28(24)41-27)33-30(39)12-2-18-14-22(35)6-8-26(18)37/h1-16,34-37H,(H,32,38)(H,33,39)/b11-1+,12-2+. The second-order valence-electron chi connectivity index (χ2n) is 8.98. The predicted molar refractivity (Wildman–Crippen MR) is 155 cm³/mol. The summed E-state index contributed by atoms with van der Waals surface area (Å²) in [6.07, 6.45) is 5.02. The molecule has 0 spiro atoms. The molecule has 5 rings (SSSR count). The van der Waals surface area contributed by atoms with Crippen LogP contribution in [0.15, 0.2) is 94.2 Å². The van der Waals surface area contributed by atoms with Crippen LogP contribution in [0.25, 0.3) is 34.1 Å². The van der Waals surface area contributed by atoms with Crippen molar-refractivity contribution in [2.75, 3.05) is 10.6 Å². The van der Waals surface area contributed by atoms with Crippen molar-refractivity contribution in [3.63, 3.8) is 0 Å². The lowest BCUT2D eigenvalue weighted by Gasteiger charge is -2.07. The molecule has 2 amide bonds. The fourth-order valence-electron chi connectivity index (χ4n) is 4.06. The molecule has 0 unspecified atom stereocenters. The van der Waals surface area contributed by atoms with E-state index in [0.29, 0.717) is 22.5 Å². The normalized spacial score (nSPS) is 11.4. The van der Waals surface area contributed by atoms with E-state index < -0.39 is 11.8 Å². The van der Waals surface area contributed by atoms with Crippen molar-refractivity contribution in [3.8, 4) is 23.0 Å². The minimum atomic E-state index is -0.533. The molecule has 204 valence electrons. The molecule has 0 bridgehead atoms. The van der Waals surface area contributed by atoms with Crippen molar-refractivity contribution < 1.29 is 34.4 Å². The van der Waals surface area contributed by atoms with Crippen molar-refractivity contribution >= 4 is 57.3 Å². The highest BCUT2D eigenvalue weighted by molar-refractivity contribution is 6.05. The van der Waals surface area contributed by atoms with E-state index in [4.69, 9.17) is 4.42 Å². The van der Waals surface area contributed by atoms with E-state index >= 15 is 0 Å². The molecular weight excluding hydrogens is 528 g/mol. The summed E-state index contributed by atoms with van der Waals surface area (Å²) in [4.78, 5) is 38.2. The summed E-state index contributed by atoms with van der Waals surface area (Å²) in [5, 5.41) is 44.5. The Balaban J connectivity index is 1.36. The van der Waals surface area contributed by atoms with Crippen molar-refractivity contribution in [2.24, 2.45) is 0 Å². The first-order chi connectivity index (χ1) is 19.7. The van der Waals surface area contributed by atoms with E-state index in [-0.39, 0.29) is 50.3 Å². The second kappa shape index (κ2) is 11.0. The minimum Gasteiger partial charge on any atom is -0.508 e. The summed E-state index contributed by atoms with van der Waals surface area (Å²) >= 11 is 0. The van der Waals surface area contributed by atoms with Gasteiger partial charge in [-0.15, -0.1) is 0 Å². The third-order valence-electron chi connectivity index (χ3n) is 6.05. The Hall–Kier alpha value is -6.03. The molecule has 0 atom stereocenters. The first-order valence-corrected chi connectivity index (χ1v) is 12.2. The number of fused-ring (bicyclic) bond motifs is 2. The number of benzene rings is 4. The first-order valence-electron chi connectivity index (χ1n) is 12.2. The van der Waals surface area contributed by atoms with E-state index in [1.54, 1.807) is 24.3 Å². The Morgan fingerprint density at radius 1 is 0.610 bits per heavy atom. The SMILES string of the molecule is O=C(/C=C/c1cc(O)ccc1O)Nc1ccc2oc3ccc(NC(=O)/C=C/c4cc(O)ccc4O)cc3c(=O)c2c1. The van der Waals surface area contributed by atoms with E-state index in [9.17, 15) is 34.8 Å². The smallest absolute Gasteiger partial charge is 0.248 e. The Bertz CT molecular complexity index is 1820. The number of phenols is 4. The summed E-state index contributed by atoms with van der Waals surface area (Å²) < 4.78 is 5.85. The van der Waals surface area contributed by atoms with Crippen LogP contribution < -0.4 is 16.1 Å². The predicted octanol–water partition coefficient (Wildman–Crippen LogP) is 5.07. The van der Waals surface area contributed by atoms with Crippen LogP contribution in [0.2, 0.25) is 0 Å². The van der Waals surface area contributed by atoms with Crippen molar-refractivity contribution in [3.05, 3.63) is 106 Å². The van der Waals surface area contributed by atoms with Crippen LogP contribution in [0.4, 0.5) is 11.4 Å². The van der Waals surface area contributed by atoms with Crippen molar-refractivity contribution in [1.29, 1.82) is 0 Å². The van der Waals surface area contributed by atoms with Crippen LogP contribution in [0.5, 0.6) is 23.0 Å². The number of anilines is 2. The first kappa shape index (κ1) is 26.6. The van der Waals surface area contributed by atoms with Gasteiger partial charge in [0.15, 0.2) is 0 Å². The zero-order valence-electron chi connectivity index (χ0n) is 21.2. The van der Waals surface area contributed by atoms with Crippen LogP contribution in [-0.4, -0.2) is 32.2 Å². The topological polar surface area (TPSA) is 169 Å². The highest BCUT2D eigenvalue weighted by Crippen LogP contribution is 2.26. The number of carbonyl (C=O) groups excluding carboxylic acids is 2. The van der Waals surface area contributed by atoms with Gasteiger partial charge in [0, 0.05) is 34.7 Å². The Morgan fingerprint density at radius 2 is 1.05 bits per heavy atom. The maximum atomic E-state index is 13.3. The highest BCUT2D eigenvalue weighted by atomic mass is 16.3. The van der Waals surface area contributed by atoms with E-state index in [0.717, 1.165) is 0 Å². The third kappa shape index (κ3) is 6.02. The molecule has 0 aliphatic heterocycles. The molecule has 0 radical (unpaired) electrons. The number of hydrogen-bond donors (Lipinski definition) is 6. The number of rotatable bonds is 6. The third-order valence-corrected chi connectivity index (χ3v) is 6.05. The monoisotopic (exact) mass is 550 g/mol. The zero-order chi connectivity index (χ0) is 29.1. The van der Waals surface area contributed by atoms with Crippen molar-refractivity contribution in [2.45, 2.75) is 0 Å². The van der Waals surface area contributed by atoms with Gasteiger partial charge in [-0.05, 0) is 84.9 Å². The van der Waals surface area contributed by atoms with Gasteiger partial charge in [0.25, 0.3) is 0 Å². The molecule has 0 fully saturated rings. The Labute approximate surface area is 231 Å². The van der Waals surface area contributed by atoms with Crippen LogP contribution in [0.3, 0.4) is 0 Å². The summed E-state index contributed by atoms with van der Waals surface area (Å²) in [6.45, 7) is 0. The molecule has 10 nitrogen and oxygen atoms in total. The lowest BCUT2D eigenvalue weighted by atomic mass is 10.1. The van der Waals surface area contributed by atoms with Gasteiger partial charge in [-0.25, -0.2) is 0 Å². The van der Waals surface area contributed by atoms with Gasteiger partial charge in [0.1, 0.15) is 34.2 Å². The molecule has 1 aromatic heterocycles. The molecule has 41 heavy (non-hydrogen) atoms. The van der Waals surface area contributed by atoms with E-state index in [1.807, 2.05) is 0 Å². The molecule has 0 saturated carbocycles. The number of phenolic OH excluding ortho intramolecular Hbond substituents is 4. The molecule has 0 aliphatic carbocycles. The van der Waals surface area contributed by atoms with E-state index in [1.165, 1.54) is 72.8 Å². The molecule has 6 N–H and O–H groups in total. The lowest BCUT2D eigenvalue weighted by Crippen LogP contribution is -2.10. The molecule has 1 heterocycles. The fourth-order valence-corrected chi connectivity index (χ4v) is 4.06. The number of nitrogens with one attached hydrogen (secondary N) is 2. The summed E-state index contributed by atoms with van der Waals surface area (Å²) in [6, 6.07) is 17.0. The summed E-state index contributed by atoms with van der Waals surface area (Å²) in [5.74, 6) is -1.41. The van der Waals surface area contributed by atoms with Crippen molar-refractivity contribution in [1.82, 2.24) is 0 Å². The Morgan fingerprint density at radius 3 is 1.49 bits per heavy atom. The summed E-state index contributed by atoms with van der Waals surface area (Å²) in [5.41, 5.74) is 1.36. The maximum absolute atomic E-state index is 13.3. The van der Waals surface area contributed by atoms with Gasteiger partial charge in [0.05, 0.1) is 10.8 Å². The van der Waals surface area contributed by atoms with Gasteiger partial charge in [-0.2, -0.15) is 0 Å². The lowest BCUT2D eigenvalue weighted by molar-refractivity contribution is -0.112. The number of carbonyl (C=O) groups is 2. The minimum absolute atomic E-state index is 0.0656. The number of amides is 2. The van der Waals surface area contributed by atoms with Gasteiger partial charge >= 0.3 is 0 Å². The quantitative estimate of drug-likeness (QED) is 0.0967. The highest BCUT2D eigenvalue weighted by Gasteiger charge is 2.11. The number of aromatic hydroxyl groups is 4. The molecule has 4 aromatic carbocycles. The molecule has 5 aromatic rings. The van der Waals surface area contributed by atoms with Crippen LogP contribution in [0, 0.1) is 0 Å². The fraction of sp³-hybridized carbons (Fsp3) is 0. The molecule has 0 saturated heterocycles. The molecule has 10 heteroatoms. The van der Waals surface area contributed by atoms with E-state index in [2.05, 4.69) is 10.6 Å². The largest absolute Gasteiger partial charge is 0.508 e. The van der Waals surface area contributed by atoms with Crippen LogP contribution >= 0.6 is 0 Å². The number of hydrogen-bond acceptors (Lipinski definition) is 8. The molecular formula is C31H22N2O8. The molecule has 0 aliphatic rings. The summed E-state index contributed by atoms with van der Waals surface area (Å²) in [7, 11) is 0. The van der Waals surface area contributed by atoms with Crippen LogP contribution in [0.1, 0.15) is 11.1 Å². The second-order valence-corrected chi connectivity index (χ2v) is 8.98. The average molecular weight is 551 g/mol.